The number of benzene rings is 4. The van der Waals surface area contributed by atoms with Crippen LogP contribution in [0.15, 0.2) is 90.6 Å². The number of aryl methyl sites for hydroxylation is 1. The molecule has 2 N–H and O–H groups in total. The smallest absolute Gasteiger partial charge is 0.329 e. The lowest BCUT2D eigenvalue weighted by molar-refractivity contribution is -0.127. The van der Waals surface area contributed by atoms with Crippen molar-refractivity contribution in [1.29, 1.82) is 0 Å². The summed E-state index contributed by atoms with van der Waals surface area (Å²) in [6.07, 6.45) is 2.35. The number of halogens is 1. The summed E-state index contributed by atoms with van der Waals surface area (Å²) in [4.78, 5) is 38.9. The summed E-state index contributed by atoms with van der Waals surface area (Å²) in [5.74, 6) is -0.272. The number of nitrogens with one attached hydrogen (secondary N) is 2. The van der Waals surface area contributed by atoms with Gasteiger partial charge in [-0.3, -0.25) is 9.59 Å². The van der Waals surface area contributed by atoms with Gasteiger partial charge in [0, 0.05) is 5.69 Å². The van der Waals surface area contributed by atoms with Crippen LogP contribution in [0.4, 0.5) is 10.5 Å². The number of hydrogen-bond acceptors (Lipinski definition) is 4. The molecule has 0 aromatic heterocycles. The zero-order chi connectivity index (χ0) is 27.4. The Hall–Kier alpha value is -4.18. The average molecular weight is 631 g/mol. The largest absolute Gasteiger partial charge is 0.488 e. The molecule has 0 radical (unpaired) electrons. The van der Waals surface area contributed by atoms with E-state index < -0.39 is 17.8 Å². The van der Waals surface area contributed by atoms with Crippen molar-refractivity contribution in [3.05, 3.63) is 111 Å². The van der Waals surface area contributed by atoms with Gasteiger partial charge in [0.05, 0.1) is 3.57 Å². The Labute approximate surface area is 240 Å². The molecule has 4 aromatic carbocycles. The molecule has 0 spiro atoms. The van der Waals surface area contributed by atoms with Crippen LogP contribution in [0.25, 0.3) is 16.8 Å². The predicted octanol–water partition coefficient (Wildman–Crippen LogP) is 6.12. The lowest BCUT2D eigenvalue weighted by Gasteiger charge is -2.13. The summed E-state index contributed by atoms with van der Waals surface area (Å²) in [5.41, 5.74) is 3.58. The predicted molar refractivity (Wildman–Crippen MR) is 160 cm³/mol. The van der Waals surface area contributed by atoms with Crippen molar-refractivity contribution in [3.63, 3.8) is 0 Å². The number of carbonyl (C=O) groups is 3. The molecule has 196 valence electrons. The van der Waals surface area contributed by atoms with Gasteiger partial charge in [0.15, 0.2) is 0 Å². The second kappa shape index (κ2) is 11.7. The van der Waals surface area contributed by atoms with Crippen LogP contribution < -0.4 is 15.4 Å². The lowest BCUT2D eigenvalue weighted by Crippen LogP contribution is -2.38. The van der Waals surface area contributed by atoms with E-state index >= 15 is 0 Å². The highest BCUT2D eigenvalue weighted by molar-refractivity contribution is 14.1. The maximum absolute atomic E-state index is 12.9. The van der Waals surface area contributed by atoms with Crippen LogP contribution in [0, 0.1) is 3.57 Å². The standard InChI is InChI=1S/C31H26IN3O4/c1-2-21-8-4-6-13-26(21)33-29(36)18-35-30(37)27(34-31(35)38)17-20-14-15-28(25(32)16-20)39-19-23-11-7-10-22-9-3-5-12-24(22)23/h3-17H,2,18-19H2,1H3,(H,33,36)(H,34,38)/b27-17+. The van der Waals surface area contributed by atoms with Gasteiger partial charge in [-0.25, -0.2) is 9.69 Å². The molecule has 1 aliphatic heterocycles. The van der Waals surface area contributed by atoms with Crippen LogP contribution in [0.3, 0.4) is 0 Å². The molecule has 0 bridgehead atoms. The Bertz CT molecular complexity index is 1610. The van der Waals surface area contributed by atoms with Crippen molar-refractivity contribution in [2.45, 2.75) is 20.0 Å². The maximum Gasteiger partial charge on any atom is 0.329 e. The number of amides is 4. The first-order valence-corrected chi connectivity index (χ1v) is 13.6. The second-order valence-corrected chi connectivity index (χ2v) is 10.2. The summed E-state index contributed by atoms with van der Waals surface area (Å²) in [6, 6.07) is 26.7. The number of ether oxygens (including phenoxy) is 1. The number of para-hydroxylation sites is 1. The minimum atomic E-state index is -0.630. The summed E-state index contributed by atoms with van der Waals surface area (Å²) < 4.78 is 6.97. The highest BCUT2D eigenvalue weighted by atomic mass is 127. The van der Waals surface area contributed by atoms with Crippen molar-refractivity contribution in [1.82, 2.24) is 10.2 Å². The Morgan fingerprint density at radius 1 is 0.974 bits per heavy atom. The van der Waals surface area contributed by atoms with E-state index in [-0.39, 0.29) is 12.2 Å². The molecule has 0 saturated carbocycles. The third-order valence-corrected chi connectivity index (χ3v) is 7.31. The molecule has 1 saturated heterocycles. The molecule has 4 amide bonds. The fraction of sp³-hybridized carbons (Fsp3) is 0.129. The molecule has 0 unspecified atom stereocenters. The van der Waals surface area contributed by atoms with E-state index in [1.54, 1.807) is 12.1 Å². The minimum absolute atomic E-state index is 0.113. The van der Waals surface area contributed by atoms with Crippen LogP contribution in [0.1, 0.15) is 23.6 Å². The summed E-state index contributed by atoms with van der Waals surface area (Å²) in [5, 5.41) is 7.69. The van der Waals surface area contributed by atoms with E-state index in [1.807, 2.05) is 61.5 Å². The van der Waals surface area contributed by atoms with Crippen molar-refractivity contribution in [2.75, 3.05) is 11.9 Å². The van der Waals surface area contributed by atoms with Gasteiger partial charge in [0.2, 0.25) is 5.91 Å². The third-order valence-electron chi connectivity index (χ3n) is 6.47. The van der Waals surface area contributed by atoms with E-state index in [0.29, 0.717) is 12.3 Å². The van der Waals surface area contributed by atoms with Gasteiger partial charge in [-0.15, -0.1) is 0 Å². The van der Waals surface area contributed by atoms with Crippen molar-refractivity contribution in [2.24, 2.45) is 0 Å². The normalized spacial score (nSPS) is 14.1. The summed E-state index contributed by atoms with van der Waals surface area (Å²) in [7, 11) is 0. The zero-order valence-corrected chi connectivity index (χ0v) is 23.4. The van der Waals surface area contributed by atoms with Crippen molar-refractivity contribution >= 4 is 63.0 Å². The van der Waals surface area contributed by atoms with Gasteiger partial charge in [-0.05, 0) is 80.7 Å². The van der Waals surface area contributed by atoms with Crippen LogP contribution in [0.2, 0.25) is 0 Å². The Morgan fingerprint density at radius 2 is 1.72 bits per heavy atom. The number of hydrogen-bond donors (Lipinski definition) is 2. The lowest BCUT2D eigenvalue weighted by atomic mass is 10.1. The number of rotatable bonds is 8. The third kappa shape index (κ3) is 5.96. The van der Waals surface area contributed by atoms with Crippen LogP contribution in [-0.2, 0) is 22.6 Å². The average Bonchev–Trinajstić information content (AvgIpc) is 3.20. The van der Waals surface area contributed by atoms with E-state index in [9.17, 15) is 14.4 Å². The fourth-order valence-electron chi connectivity index (χ4n) is 4.46. The molecule has 39 heavy (non-hydrogen) atoms. The monoisotopic (exact) mass is 631 g/mol. The molecule has 5 rings (SSSR count). The van der Waals surface area contributed by atoms with Crippen molar-refractivity contribution < 1.29 is 19.1 Å². The van der Waals surface area contributed by atoms with Crippen LogP contribution in [0.5, 0.6) is 5.75 Å². The Morgan fingerprint density at radius 3 is 2.54 bits per heavy atom. The van der Waals surface area contributed by atoms with Gasteiger partial charge < -0.3 is 15.4 Å². The highest BCUT2D eigenvalue weighted by Crippen LogP contribution is 2.26. The number of urea groups is 1. The van der Waals surface area contributed by atoms with Crippen LogP contribution >= 0.6 is 22.6 Å². The second-order valence-electron chi connectivity index (χ2n) is 9.06. The molecule has 0 atom stereocenters. The SMILES string of the molecule is CCc1ccccc1NC(=O)CN1C(=O)N/C(=C/c2ccc(OCc3cccc4ccccc34)c(I)c2)C1=O. The maximum atomic E-state index is 12.9. The molecule has 1 fully saturated rings. The van der Waals surface area contributed by atoms with Gasteiger partial charge in [-0.1, -0.05) is 73.7 Å². The van der Waals surface area contributed by atoms with Gasteiger partial charge in [-0.2, -0.15) is 0 Å². The first-order valence-electron chi connectivity index (χ1n) is 12.5. The highest BCUT2D eigenvalue weighted by Gasteiger charge is 2.35. The number of anilines is 1. The van der Waals surface area contributed by atoms with Gasteiger partial charge in [0.1, 0.15) is 24.6 Å². The molecular formula is C31H26IN3O4. The molecular weight excluding hydrogens is 605 g/mol. The molecule has 7 nitrogen and oxygen atoms in total. The summed E-state index contributed by atoms with van der Waals surface area (Å²) >= 11 is 2.19. The topological polar surface area (TPSA) is 87.7 Å². The fourth-order valence-corrected chi connectivity index (χ4v) is 5.16. The number of nitrogens with zero attached hydrogens (tertiary/aromatic N) is 1. The Balaban J connectivity index is 1.24. The van der Waals surface area contributed by atoms with E-state index in [0.717, 1.165) is 48.1 Å². The van der Waals surface area contributed by atoms with E-state index in [4.69, 9.17) is 4.74 Å². The number of fused-ring (bicyclic) bond motifs is 1. The Kier molecular flexibility index (Phi) is 7.92. The zero-order valence-electron chi connectivity index (χ0n) is 21.2. The van der Waals surface area contributed by atoms with E-state index in [1.165, 1.54) is 0 Å². The number of imide groups is 1. The molecule has 8 heteroatoms. The minimum Gasteiger partial charge on any atom is -0.488 e. The molecule has 4 aromatic rings. The molecule has 0 aliphatic carbocycles. The number of carbonyl (C=O) groups excluding carboxylic acids is 3. The van der Waals surface area contributed by atoms with Crippen LogP contribution in [-0.4, -0.2) is 29.3 Å². The summed E-state index contributed by atoms with van der Waals surface area (Å²) in [6.45, 7) is 2.04. The quantitative estimate of drug-likeness (QED) is 0.140. The molecule has 1 heterocycles. The molecule has 1 aliphatic rings. The van der Waals surface area contributed by atoms with Gasteiger partial charge in [0.25, 0.3) is 5.91 Å². The van der Waals surface area contributed by atoms with E-state index in [2.05, 4.69) is 57.5 Å². The van der Waals surface area contributed by atoms with Gasteiger partial charge >= 0.3 is 6.03 Å². The first-order chi connectivity index (χ1) is 18.9. The van der Waals surface area contributed by atoms with Crippen molar-refractivity contribution in [3.8, 4) is 5.75 Å². The first kappa shape index (κ1) is 26.4.